The van der Waals surface area contributed by atoms with Crippen LogP contribution in [0.1, 0.15) is 36.1 Å². The zero-order valence-electron chi connectivity index (χ0n) is 24.9. The quantitative estimate of drug-likeness (QED) is 0.327. The van der Waals surface area contributed by atoms with Gasteiger partial charge in [0.05, 0.1) is 5.69 Å². The average Bonchev–Trinajstić information content (AvgIpc) is 2.94. The molecule has 0 spiro atoms. The second-order valence-electron chi connectivity index (χ2n) is 10.9. The van der Waals surface area contributed by atoms with Crippen molar-refractivity contribution < 1.29 is 18.0 Å². The normalized spacial score (nSPS) is 12.3. The van der Waals surface area contributed by atoms with Gasteiger partial charge in [0.15, 0.2) is 0 Å². The van der Waals surface area contributed by atoms with Crippen LogP contribution in [0.15, 0.2) is 78.9 Å². The van der Waals surface area contributed by atoms with Crippen LogP contribution in [0.2, 0.25) is 0 Å². The van der Waals surface area contributed by atoms with Crippen molar-refractivity contribution in [2.75, 3.05) is 31.5 Å². The number of benzene rings is 3. The fraction of sp³-hybridized carbons (Fsp3) is 0.375. The lowest BCUT2D eigenvalue weighted by molar-refractivity contribution is -0.140. The van der Waals surface area contributed by atoms with Crippen LogP contribution in [-0.2, 0) is 32.8 Å². The van der Waals surface area contributed by atoms with Crippen molar-refractivity contribution in [1.29, 1.82) is 0 Å². The molecule has 0 aliphatic rings. The van der Waals surface area contributed by atoms with Crippen LogP contribution in [0.5, 0.6) is 0 Å². The second-order valence-corrected chi connectivity index (χ2v) is 13.0. The molecule has 0 bridgehead atoms. The molecule has 3 aromatic carbocycles. The van der Waals surface area contributed by atoms with E-state index in [1.54, 1.807) is 6.07 Å². The maximum atomic E-state index is 14.3. The lowest BCUT2D eigenvalue weighted by atomic mass is 10.0. The molecule has 0 fully saturated rings. The summed E-state index contributed by atoms with van der Waals surface area (Å²) in [7, 11) is -1.16. The number of hydrogen-bond donors (Lipinski definition) is 1. The van der Waals surface area contributed by atoms with Crippen LogP contribution in [0.3, 0.4) is 0 Å². The fourth-order valence-corrected chi connectivity index (χ4v) is 5.56. The van der Waals surface area contributed by atoms with Gasteiger partial charge in [-0.15, -0.1) is 0 Å². The van der Waals surface area contributed by atoms with Gasteiger partial charge in [0.25, 0.3) is 0 Å². The monoisotopic (exact) mass is 578 g/mol. The van der Waals surface area contributed by atoms with Gasteiger partial charge in [0.2, 0.25) is 11.8 Å². The molecule has 3 rings (SSSR count). The average molecular weight is 579 g/mol. The van der Waals surface area contributed by atoms with Crippen LogP contribution >= 0.6 is 0 Å². The third-order valence-corrected chi connectivity index (χ3v) is 8.61. The Bertz CT molecular complexity index is 1410. The first kappa shape index (κ1) is 31.8. The number of nitrogens with zero attached hydrogens (tertiary/aromatic N) is 3. The molecule has 3 aromatic rings. The highest BCUT2D eigenvalue weighted by molar-refractivity contribution is 7.90. The van der Waals surface area contributed by atoms with Crippen molar-refractivity contribution in [3.8, 4) is 0 Å². The van der Waals surface area contributed by atoms with Crippen molar-refractivity contribution in [2.45, 2.75) is 46.7 Å². The standard InChI is InChI=1S/C32H42N4O4S/c1-24(2)21-33-32(38)30(20-27-13-9-7-10-14-27)35(22-28-15-11-8-12-16-28)31(37)23-36(41(39,40)34(5)6)29-19-25(3)17-18-26(29)4/h7-19,24,30H,20-23H2,1-6H3,(H,33,38). The molecular weight excluding hydrogens is 536 g/mol. The molecule has 0 radical (unpaired) electrons. The van der Waals surface area contributed by atoms with Crippen LogP contribution in [0.4, 0.5) is 5.69 Å². The number of nitrogens with one attached hydrogen (secondary N) is 1. The van der Waals surface area contributed by atoms with E-state index in [1.165, 1.54) is 19.0 Å². The summed E-state index contributed by atoms with van der Waals surface area (Å²) in [5.41, 5.74) is 3.75. The number of hydrogen-bond acceptors (Lipinski definition) is 4. The third-order valence-electron chi connectivity index (χ3n) is 6.80. The minimum Gasteiger partial charge on any atom is -0.354 e. The summed E-state index contributed by atoms with van der Waals surface area (Å²) in [4.78, 5) is 29.5. The zero-order chi connectivity index (χ0) is 30.2. The first-order chi connectivity index (χ1) is 19.4. The molecule has 0 aliphatic carbocycles. The van der Waals surface area contributed by atoms with Gasteiger partial charge in [-0.1, -0.05) is 86.6 Å². The summed E-state index contributed by atoms with van der Waals surface area (Å²) in [6.45, 7) is 7.86. The van der Waals surface area contributed by atoms with E-state index in [-0.39, 0.29) is 24.8 Å². The molecule has 8 nitrogen and oxygen atoms in total. The van der Waals surface area contributed by atoms with E-state index < -0.39 is 28.7 Å². The predicted octanol–water partition coefficient (Wildman–Crippen LogP) is 4.33. The molecule has 41 heavy (non-hydrogen) atoms. The molecule has 1 atom stereocenters. The smallest absolute Gasteiger partial charge is 0.304 e. The van der Waals surface area contributed by atoms with Gasteiger partial charge >= 0.3 is 10.2 Å². The topological polar surface area (TPSA) is 90.0 Å². The maximum Gasteiger partial charge on any atom is 0.304 e. The van der Waals surface area contributed by atoms with Crippen molar-refractivity contribution in [1.82, 2.24) is 14.5 Å². The van der Waals surface area contributed by atoms with E-state index >= 15 is 0 Å². The Hall–Kier alpha value is -3.69. The van der Waals surface area contributed by atoms with Gasteiger partial charge in [0, 0.05) is 33.6 Å². The molecule has 0 saturated carbocycles. The first-order valence-electron chi connectivity index (χ1n) is 13.8. The Labute approximate surface area is 245 Å². The first-order valence-corrected chi connectivity index (χ1v) is 15.2. The fourth-order valence-electron chi connectivity index (χ4n) is 4.45. The summed E-state index contributed by atoms with van der Waals surface area (Å²) < 4.78 is 29.4. The highest BCUT2D eigenvalue weighted by Gasteiger charge is 2.35. The lowest BCUT2D eigenvalue weighted by Crippen LogP contribution is -2.54. The van der Waals surface area contributed by atoms with Gasteiger partial charge in [-0.3, -0.25) is 9.59 Å². The maximum absolute atomic E-state index is 14.3. The Kier molecular flexibility index (Phi) is 11.1. The summed E-state index contributed by atoms with van der Waals surface area (Å²) >= 11 is 0. The molecule has 0 aromatic heterocycles. The SMILES string of the molecule is Cc1ccc(C)c(N(CC(=O)N(Cc2ccccc2)C(Cc2ccccc2)C(=O)NCC(C)C)S(=O)(=O)N(C)C)c1. The molecule has 220 valence electrons. The van der Waals surface area contributed by atoms with E-state index in [0.717, 1.165) is 30.9 Å². The Morgan fingerprint density at radius 2 is 1.44 bits per heavy atom. The molecular formula is C32H42N4O4S. The van der Waals surface area contributed by atoms with E-state index in [9.17, 15) is 18.0 Å². The molecule has 9 heteroatoms. The van der Waals surface area contributed by atoms with Crippen molar-refractivity contribution in [3.05, 3.63) is 101 Å². The third kappa shape index (κ3) is 8.65. The minimum absolute atomic E-state index is 0.148. The van der Waals surface area contributed by atoms with Crippen molar-refractivity contribution in [3.63, 3.8) is 0 Å². The number of rotatable bonds is 13. The molecule has 0 saturated heterocycles. The summed E-state index contributed by atoms with van der Waals surface area (Å²) in [5.74, 6) is -0.527. The van der Waals surface area contributed by atoms with Gasteiger partial charge in [-0.2, -0.15) is 12.7 Å². The van der Waals surface area contributed by atoms with Gasteiger partial charge in [-0.05, 0) is 48.1 Å². The van der Waals surface area contributed by atoms with E-state index in [0.29, 0.717) is 12.2 Å². The van der Waals surface area contributed by atoms with Crippen LogP contribution < -0.4 is 9.62 Å². The van der Waals surface area contributed by atoms with Crippen LogP contribution in [0.25, 0.3) is 0 Å². The summed E-state index contributed by atoms with van der Waals surface area (Å²) in [6.07, 6.45) is 0.285. The predicted molar refractivity (Wildman–Crippen MR) is 165 cm³/mol. The molecule has 1 N–H and O–H groups in total. The number of anilines is 1. The lowest BCUT2D eigenvalue weighted by Gasteiger charge is -2.35. The largest absolute Gasteiger partial charge is 0.354 e. The minimum atomic E-state index is -4.04. The summed E-state index contributed by atoms with van der Waals surface area (Å²) in [6, 6.07) is 23.6. The Balaban J connectivity index is 2.10. The highest BCUT2D eigenvalue weighted by atomic mass is 32.2. The molecule has 0 heterocycles. The van der Waals surface area contributed by atoms with Gasteiger partial charge < -0.3 is 10.2 Å². The van der Waals surface area contributed by atoms with Crippen LogP contribution in [0, 0.1) is 19.8 Å². The van der Waals surface area contributed by atoms with E-state index in [1.807, 2.05) is 100 Å². The second kappa shape index (κ2) is 14.3. The van der Waals surface area contributed by atoms with Crippen molar-refractivity contribution >= 4 is 27.7 Å². The van der Waals surface area contributed by atoms with E-state index in [4.69, 9.17) is 0 Å². The highest BCUT2D eigenvalue weighted by Crippen LogP contribution is 2.26. The Morgan fingerprint density at radius 3 is 2.00 bits per heavy atom. The molecule has 0 aliphatic heterocycles. The Morgan fingerprint density at radius 1 is 0.854 bits per heavy atom. The summed E-state index contributed by atoms with van der Waals surface area (Å²) in [5, 5.41) is 3.00. The molecule has 2 amide bonds. The zero-order valence-corrected chi connectivity index (χ0v) is 25.7. The van der Waals surface area contributed by atoms with E-state index in [2.05, 4.69) is 5.32 Å². The number of carbonyl (C=O) groups is 2. The number of amides is 2. The van der Waals surface area contributed by atoms with Crippen LogP contribution in [-0.4, -0.2) is 62.7 Å². The van der Waals surface area contributed by atoms with Gasteiger partial charge in [0.1, 0.15) is 12.6 Å². The number of carbonyl (C=O) groups excluding carboxylic acids is 2. The van der Waals surface area contributed by atoms with Gasteiger partial charge in [-0.25, -0.2) is 4.31 Å². The number of aryl methyl sites for hydroxylation is 2. The van der Waals surface area contributed by atoms with Crippen molar-refractivity contribution in [2.24, 2.45) is 5.92 Å². The molecule has 1 unspecified atom stereocenters.